The second kappa shape index (κ2) is 14.0. The van der Waals surface area contributed by atoms with E-state index in [1.165, 1.54) is 21.3 Å². The summed E-state index contributed by atoms with van der Waals surface area (Å²) < 4.78 is 28.3. The summed E-state index contributed by atoms with van der Waals surface area (Å²) in [4.78, 5) is 13.1. The Kier molecular flexibility index (Phi) is 12.1. The minimum Gasteiger partial charge on any atom is -0.456 e. The molecule has 0 aromatic rings. The molecule has 222 valence electrons. The van der Waals surface area contributed by atoms with Crippen LogP contribution in [0.25, 0.3) is 0 Å². The van der Waals surface area contributed by atoms with Crippen molar-refractivity contribution >= 4 is 5.97 Å². The van der Waals surface area contributed by atoms with Crippen LogP contribution in [0.1, 0.15) is 59.8 Å². The number of fused-ring (bicyclic) bond motifs is 2. The number of ether oxygens (including phenoxy) is 5. The number of aliphatic hydroxyl groups is 5. The van der Waals surface area contributed by atoms with E-state index in [-0.39, 0.29) is 38.2 Å². The fraction of sp³-hybridized carbons (Fsp3) is 0.889. The van der Waals surface area contributed by atoms with Gasteiger partial charge in [-0.15, -0.1) is 0 Å². The third-order valence-corrected chi connectivity index (χ3v) is 8.37. The van der Waals surface area contributed by atoms with Gasteiger partial charge in [-0.1, -0.05) is 26.8 Å². The van der Waals surface area contributed by atoms with E-state index in [9.17, 15) is 30.3 Å². The second-order valence-electron chi connectivity index (χ2n) is 11.1. The molecule has 38 heavy (non-hydrogen) atoms. The lowest BCUT2D eigenvalue weighted by atomic mass is 9.70. The number of aliphatic hydroxyl groups excluding tert-OH is 4. The Morgan fingerprint density at radius 1 is 1.05 bits per heavy atom. The van der Waals surface area contributed by atoms with Gasteiger partial charge in [-0.05, 0) is 18.9 Å². The molecule has 2 aliphatic rings. The van der Waals surface area contributed by atoms with E-state index >= 15 is 0 Å². The number of carbonyl (C=O) groups is 1. The lowest BCUT2D eigenvalue weighted by Gasteiger charge is -2.54. The largest absolute Gasteiger partial charge is 0.456 e. The predicted molar refractivity (Wildman–Crippen MR) is 137 cm³/mol. The summed E-state index contributed by atoms with van der Waals surface area (Å²) in [6.45, 7) is 6.81. The predicted octanol–water partition coefficient (Wildman–Crippen LogP) is 0.678. The van der Waals surface area contributed by atoms with Crippen LogP contribution < -0.4 is 0 Å². The van der Waals surface area contributed by atoms with Crippen molar-refractivity contribution in [2.45, 2.75) is 114 Å². The third-order valence-electron chi connectivity index (χ3n) is 8.37. The summed E-state index contributed by atoms with van der Waals surface area (Å²) in [6.07, 6.45) is -5.71. The van der Waals surface area contributed by atoms with E-state index in [4.69, 9.17) is 23.7 Å². The highest BCUT2D eigenvalue weighted by atomic mass is 16.7. The topological polar surface area (TPSA) is 164 Å². The smallest absolute Gasteiger partial charge is 0.338 e. The fourth-order valence-corrected chi connectivity index (χ4v) is 5.30. The average molecular weight is 549 g/mol. The summed E-state index contributed by atoms with van der Waals surface area (Å²) in [5.74, 6) is -3.29. The zero-order chi connectivity index (χ0) is 28.8. The molecule has 2 saturated heterocycles. The maximum atomic E-state index is 13.1. The zero-order valence-electron chi connectivity index (χ0n) is 23.7. The van der Waals surface area contributed by atoms with Gasteiger partial charge in [0.1, 0.15) is 12.2 Å². The van der Waals surface area contributed by atoms with Gasteiger partial charge < -0.3 is 49.2 Å². The molecule has 2 heterocycles. The van der Waals surface area contributed by atoms with Gasteiger partial charge in [0, 0.05) is 65.0 Å². The zero-order valence-corrected chi connectivity index (χ0v) is 23.7. The number of hydrogen-bond acceptors (Lipinski definition) is 11. The lowest BCUT2D eigenvalue weighted by molar-refractivity contribution is -0.379. The van der Waals surface area contributed by atoms with Crippen LogP contribution in [0.4, 0.5) is 0 Å². The molecular weight excluding hydrogens is 500 g/mol. The first-order valence-electron chi connectivity index (χ1n) is 13.3. The Hall–Kier alpha value is -1.15. The highest BCUT2D eigenvalue weighted by Gasteiger charge is 2.60. The van der Waals surface area contributed by atoms with E-state index < -0.39 is 66.0 Å². The Labute approximate surface area is 225 Å². The van der Waals surface area contributed by atoms with Crippen LogP contribution in [-0.2, 0) is 28.5 Å². The van der Waals surface area contributed by atoms with Crippen LogP contribution in [0.5, 0.6) is 0 Å². The van der Waals surface area contributed by atoms with Gasteiger partial charge >= 0.3 is 5.97 Å². The molecule has 0 radical (unpaired) electrons. The van der Waals surface area contributed by atoms with Crippen LogP contribution in [-0.4, -0.2) is 114 Å². The van der Waals surface area contributed by atoms with Crippen molar-refractivity contribution in [2.75, 3.05) is 27.9 Å². The molecule has 10 atom stereocenters. The second-order valence-corrected chi connectivity index (χ2v) is 11.1. The van der Waals surface area contributed by atoms with Crippen LogP contribution in [0.15, 0.2) is 11.6 Å². The maximum Gasteiger partial charge on any atom is 0.338 e. The highest BCUT2D eigenvalue weighted by molar-refractivity contribution is 5.75. The molecule has 11 nitrogen and oxygen atoms in total. The number of carbonyl (C=O) groups excluding carboxylic acids is 1. The van der Waals surface area contributed by atoms with Crippen molar-refractivity contribution in [1.29, 1.82) is 0 Å². The molecule has 2 aliphatic heterocycles. The quantitative estimate of drug-likeness (QED) is 0.224. The van der Waals surface area contributed by atoms with Crippen LogP contribution in [0, 0.1) is 11.3 Å². The molecule has 0 spiro atoms. The van der Waals surface area contributed by atoms with Crippen molar-refractivity contribution in [3.05, 3.63) is 11.6 Å². The van der Waals surface area contributed by atoms with Crippen LogP contribution >= 0.6 is 0 Å². The van der Waals surface area contributed by atoms with Gasteiger partial charge in [-0.3, -0.25) is 0 Å². The maximum absolute atomic E-state index is 13.1. The van der Waals surface area contributed by atoms with E-state index in [1.54, 1.807) is 20.8 Å². The van der Waals surface area contributed by atoms with Gasteiger partial charge in [0.05, 0.1) is 30.5 Å². The summed E-state index contributed by atoms with van der Waals surface area (Å²) in [5, 5.41) is 54.7. The molecule has 0 aromatic carbocycles. The SMILES string of the molecule is CC[C@H](/C=C(/C)C1C[C@@H](OC)CC(O)C(C)(C)C2(O)OC(C[C@@H](OC)C2O)C[C@@H](OC)[C@H](O)C(=O)O1)CO. The van der Waals surface area contributed by atoms with Crippen molar-refractivity contribution in [3.8, 4) is 0 Å². The Morgan fingerprint density at radius 3 is 2.18 bits per heavy atom. The summed E-state index contributed by atoms with van der Waals surface area (Å²) in [6, 6.07) is 0. The molecule has 2 fully saturated rings. The average Bonchev–Trinajstić information content (AvgIpc) is 2.89. The number of hydrogen-bond donors (Lipinski definition) is 5. The lowest BCUT2D eigenvalue weighted by Crippen LogP contribution is -2.68. The van der Waals surface area contributed by atoms with Crippen LogP contribution in [0.3, 0.4) is 0 Å². The van der Waals surface area contributed by atoms with Crippen LogP contribution in [0.2, 0.25) is 0 Å². The monoisotopic (exact) mass is 548 g/mol. The molecule has 0 aromatic heterocycles. The van der Waals surface area contributed by atoms with E-state index in [2.05, 4.69) is 0 Å². The van der Waals surface area contributed by atoms with E-state index in [0.717, 1.165) is 0 Å². The minimum atomic E-state index is -2.23. The number of esters is 1. The summed E-state index contributed by atoms with van der Waals surface area (Å²) in [5.41, 5.74) is -0.730. The molecule has 2 rings (SSSR count). The highest BCUT2D eigenvalue weighted by Crippen LogP contribution is 2.46. The Balaban J connectivity index is 2.56. The molecule has 5 unspecified atom stereocenters. The van der Waals surface area contributed by atoms with E-state index in [1.807, 2.05) is 13.0 Å². The van der Waals surface area contributed by atoms with Gasteiger partial charge in [0.15, 0.2) is 6.10 Å². The number of methoxy groups -OCH3 is 3. The van der Waals surface area contributed by atoms with Gasteiger partial charge in [-0.25, -0.2) is 4.79 Å². The molecular formula is C27H48O11. The Bertz CT molecular complexity index is 783. The van der Waals surface area contributed by atoms with Crippen molar-refractivity contribution in [2.24, 2.45) is 11.3 Å². The van der Waals surface area contributed by atoms with Crippen molar-refractivity contribution < 1.29 is 54.0 Å². The molecule has 0 aliphatic carbocycles. The third kappa shape index (κ3) is 7.13. The summed E-state index contributed by atoms with van der Waals surface area (Å²) >= 11 is 0. The van der Waals surface area contributed by atoms with Gasteiger partial charge in [0.2, 0.25) is 5.79 Å². The van der Waals surface area contributed by atoms with E-state index in [0.29, 0.717) is 12.0 Å². The standard InChI is InChI=1S/C27H48O11/c1-8-16(14-28)9-15(2)19-10-17(34-5)13-22(29)26(3,4)27(33)24(31)21(36-7)12-18(38-27)11-20(35-6)23(30)25(32)37-19/h9,16-24,28-31,33H,8,10-14H2,1-7H3/b15-9-/t16-,17-,18?,19?,20-,21-,22?,23+,24?,27?/m1/s1. The van der Waals surface area contributed by atoms with Gasteiger partial charge in [-0.2, -0.15) is 0 Å². The molecule has 0 saturated carbocycles. The Morgan fingerprint density at radius 2 is 1.66 bits per heavy atom. The first-order chi connectivity index (χ1) is 17.8. The fourth-order valence-electron chi connectivity index (χ4n) is 5.30. The first kappa shape index (κ1) is 33.1. The van der Waals surface area contributed by atoms with Crippen molar-refractivity contribution in [3.63, 3.8) is 0 Å². The molecule has 0 amide bonds. The molecule has 2 bridgehead atoms. The summed E-state index contributed by atoms with van der Waals surface area (Å²) in [7, 11) is 4.20. The molecule has 11 heteroatoms. The molecule has 5 N–H and O–H groups in total. The normalized spacial score (nSPS) is 40.2. The van der Waals surface area contributed by atoms with Gasteiger partial charge in [0.25, 0.3) is 0 Å². The van der Waals surface area contributed by atoms with Crippen molar-refractivity contribution in [1.82, 2.24) is 0 Å². The number of rotatable bonds is 7. The number of cyclic esters (lactones) is 1. The minimum absolute atomic E-state index is 0.0174. The first-order valence-corrected chi connectivity index (χ1v) is 13.3.